The molecule has 20 heavy (non-hydrogen) atoms. The van der Waals surface area contributed by atoms with E-state index in [2.05, 4.69) is 28.0 Å². The molecule has 5 heteroatoms. The van der Waals surface area contributed by atoms with Gasteiger partial charge in [0.1, 0.15) is 5.82 Å². The second-order valence-corrected chi connectivity index (χ2v) is 6.02. The van der Waals surface area contributed by atoms with Crippen LogP contribution in [0.15, 0.2) is 22.9 Å². The molecule has 106 valence electrons. The van der Waals surface area contributed by atoms with Gasteiger partial charge in [-0.25, -0.2) is 0 Å². The molecule has 0 atom stereocenters. The molecule has 1 aliphatic rings. The van der Waals surface area contributed by atoms with Crippen LogP contribution >= 0.6 is 11.3 Å². The molecule has 0 bridgehead atoms. The lowest BCUT2D eigenvalue weighted by atomic mass is 10.2. The Balaban J connectivity index is 1.63. The highest BCUT2D eigenvalue weighted by molar-refractivity contribution is 7.08. The fourth-order valence-electron chi connectivity index (χ4n) is 1.90. The lowest BCUT2D eigenvalue weighted by Crippen LogP contribution is -2.07. The van der Waals surface area contributed by atoms with Crippen LogP contribution in [0, 0.1) is 12.8 Å². The van der Waals surface area contributed by atoms with Crippen LogP contribution in [0.5, 0.6) is 5.88 Å². The van der Waals surface area contributed by atoms with Gasteiger partial charge in [-0.15, -0.1) is 0 Å². The molecule has 0 amide bonds. The van der Waals surface area contributed by atoms with Crippen molar-refractivity contribution in [3.05, 3.63) is 34.0 Å². The number of hydrogen-bond donors (Lipinski definition) is 2. The minimum absolute atomic E-state index is 0.545. The molecule has 0 spiro atoms. The first-order valence-corrected chi connectivity index (χ1v) is 7.81. The minimum atomic E-state index is 0.545. The molecule has 1 saturated carbocycles. The van der Waals surface area contributed by atoms with Crippen LogP contribution in [0.3, 0.4) is 0 Å². The van der Waals surface area contributed by atoms with Crippen molar-refractivity contribution in [2.24, 2.45) is 5.92 Å². The summed E-state index contributed by atoms with van der Waals surface area (Å²) in [7, 11) is 0. The Kier molecular flexibility index (Phi) is 3.78. The first-order valence-electron chi connectivity index (χ1n) is 6.87. The Bertz CT molecular complexity index is 593. The zero-order valence-electron chi connectivity index (χ0n) is 11.6. The predicted octanol–water partition coefficient (Wildman–Crippen LogP) is 3.43. The largest absolute Gasteiger partial charge is 0.476 e. The van der Waals surface area contributed by atoms with Crippen LogP contribution < -0.4 is 15.8 Å². The van der Waals surface area contributed by atoms with E-state index in [1.807, 2.05) is 12.1 Å². The van der Waals surface area contributed by atoms with Gasteiger partial charge in [0.2, 0.25) is 5.88 Å². The van der Waals surface area contributed by atoms with Crippen LogP contribution in [0.2, 0.25) is 0 Å². The van der Waals surface area contributed by atoms with Crippen LogP contribution in [0.25, 0.3) is 0 Å². The van der Waals surface area contributed by atoms with Gasteiger partial charge in [-0.05, 0) is 59.7 Å². The topological polar surface area (TPSA) is 60.2 Å². The van der Waals surface area contributed by atoms with Gasteiger partial charge in [0, 0.05) is 6.54 Å². The molecule has 0 aromatic carbocycles. The summed E-state index contributed by atoms with van der Waals surface area (Å²) in [5, 5.41) is 7.63. The number of pyridine rings is 1. The van der Waals surface area contributed by atoms with E-state index in [9.17, 15) is 0 Å². The maximum absolute atomic E-state index is 5.90. The van der Waals surface area contributed by atoms with Gasteiger partial charge in [-0.2, -0.15) is 16.3 Å². The molecule has 0 saturated heterocycles. The third kappa shape index (κ3) is 3.22. The summed E-state index contributed by atoms with van der Waals surface area (Å²) in [6, 6.07) is 3.74. The zero-order chi connectivity index (χ0) is 13.9. The van der Waals surface area contributed by atoms with E-state index in [1.54, 1.807) is 11.3 Å². The van der Waals surface area contributed by atoms with Crippen molar-refractivity contribution in [1.29, 1.82) is 0 Å². The SMILES string of the molecule is Cc1cscc1CNc1ccc(N)c(OCC2CC2)n1. The summed E-state index contributed by atoms with van der Waals surface area (Å²) in [5.74, 6) is 2.04. The highest BCUT2D eigenvalue weighted by atomic mass is 32.1. The lowest BCUT2D eigenvalue weighted by Gasteiger charge is -2.10. The number of aryl methyl sites for hydroxylation is 1. The number of thiophene rings is 1. The van der Waals surface area contributed by atoms with Crippen LogP contribution in [-0.2, 0) is 6.54 Å². The summed E-state index contributed by atoms with van der Waals surface area (Å²) in [4.78, 5) is 4.45. The third-order valence-electron chi connectivity index (χ3n) is 3.46. The van der Waals surface area contributed by atoms with Gasteiger partial charge in [0.05, 0.1) is 12.3 Å². The minimum Gasteiger partial charge on any atom is -0.476 e. The molecule has 0 radical (unpaired) electrons. The van der Waals surface area contributed by atoms with E-state index in [0.29, 0.717) is 17.5 Å². The van der Waals surface area contributed by atoms with Crippen LogP contribution in [0.4, 0.5) is 11.5 Å². The molecule has 0 unspecified atom stereocenters. The second kappa shape index (κ2) is 5.71. The molecule has 1 aliphatic carbocycles. The number of hydrogen-bond acceptors (Lipinski definition) is 5. The van der Waals surface area contributed by atoms with Crippen molar-refractivity contribution >= 4 is 22.8 Å². The number of nitrogens with two attached hydrogens (primary N) is 1. The quantitative estimate of drug-likeness (QED) is 0.855. The van der Waals surface area contributed by atoms with Gasteiger partial charge in [-0.1, -0.05) is 0 Å². The van der Waals surface area contributed by atoms with E-state index < -0.39 is 0 Å². The number of aromatic nitrogens is 1. The smallest absolute Gasteiger partial charge is 0.239 e. The van der Waals surface area contributed by atoms with Crippen LogP contribution in [-0.4, -0.2) is 11.6 Å². The number of nitrogens with one attached hydrogen (secondary N) is 1. The van der Waals surface area contributed by atoms with E-state index in [-0.39, 0.29) is 0 Å². The third-order valence-corrected chi connectivity index (χ3v) is 4.37. The molecule has 2 heterocycles. The zero-order valence-corrected chi connectivity index (χ0v) is 12.4. The van der Waals surface area contributed by atoms with Gasteiger partial charge in [-0.3, -0.25) is 0 Å². The monoisotopic (exact) mass is 289 g/mol. The fourth-order valence-corrected chi connectivity index (χ4v) is 2.76. The Morgan fingerprint density at radius 1 is 1.40 bits per heavy atom. The van der Waals surface area contributed by atoms with E-state index in [4.69, 9.17) is 10.5 Å². The number of nitrogen functional groups attached to an aromatic ring is 1. The van der Waals surface area contributed by atoms with Gasteiger partial charge in [0.25, 0.3) is 0 Å². The standard InChI is InChI=1S/C15H19N3OS/c1-10-8-20-9-12(10)6-17-14-5-4-13(16)15(18-14)19-7-11-2-3-11/h4-5,8-9,11H,2-3,6-7,16H2,1H3,(H,17,18). The molecular weight excluding hydrogens is 270 g/mol. The molecule has 1 fully saturated rings. The van der Waals surface area contributed by atoms with Crippen molar-refractivity contribution in [2.75, 3.05) is 17.7 Å². The fraction of sp³-hybridized carbons (Fsp3) is 0.400. The van der Waals surface area contributed by atoms with Gasteiger partial charge >= 0.3 is 0 Å². The van der Waals surface area contributed by atoms with Crippen molar-refractivity contribution in [2.45, 2.75) is 26.3 Å². The Morgan fingerprint density at radius 3 is 2.95 bits per heavy atom. The summed E-state index contributed by atoms with van der Waals surface area (Å²) < 4.78 is 5.69. The maximum Gasteiger partial charge on any atom is 0.239 e. The highest BCUT2D eigenvalue weighted by Gasteiger charge is 2.22. The van der Waals surface area contributed by atoms with Gasteiger partial charge in [0.15, 0.2) is 0 Å². The van der Waals surface area contributed by atoms with E-state index in [1.165, 1.54) is 24.0 Å². The Labute approximate surface area is 123 Å². The summed E-state index contributed by atoms with van der Waals surface area (Å²) in [6.45, 7) is 3.62. The van der Waals surface area contributed by atoms with Gasteiger partial charge < -0.3 is 15.8 Å². The first-order chi connectivity index (χ1) is 9.72. The molecule has 3 N–H and O–H groups in total. The van der Waals surface area contributed by atoms with Crippen molar-refractivity contribution in [3.63, 3.8) is 0 Å². The number of nitrogens with zero attached hydrogens (tertiary/aromatic N) is 1. The normalized spacial score (nSPS) is 14.2. The van der Waals surface area contributed by atoms with Crippen LogP contribution in [0.1, 0.15) is 24.0 Å². The predicted molar refractivity (Wildman–Crippen MR) is 83.3 cm³/mol. The highest BCUT2D eigenvalue weighted by Crippen LogP contribution is 2.30. The average Bonchev–Trinajstić information content (AvgIpc) is 3.18. The average molecular weight is 289 g/mol. The molecule has 2 aromatic rings. The van der Waals surface area contributed by atoms with E-state index in [0.717, 1.165) is 19.0 Å². The second-order valence-electron chi connectivity index (χ2n) is 5.28. The number of ether oxygens (including phenoxy) is 1. The Hall–Kier alpha value is -1.75. The van der Waals surface area contributed by atoms with Crippen molar-refractivity contribution in [1.82, 2.24) is 4.98 Å². The number of anilines is 2. The molecule has 2 aromatic heterocycles. The molecular formula is C15H19N3OS. The number of rotatable bonds is 6. The summed E-state index contributed by atoms with van der Waals surface area (Å²) in [5.41, 5.74) is 9.11. The molecule has 0 aliphatic heterocycles. The first kappa shape index (κ1) is 13.2. The summed E-state index contributed by atoms with van der Waals surface area (Å²) >= 11 is 1.72. The lowest BCUT2D eigenvalue weighted by molar-refractivity contribution is 0.290. The summed E-state index contributed by atoms with van der Waals surface area (Å²) in [6.07, 6.45) is 2.52. The molecule has 3 rings (SSSR count). The van der Waals surface area contributed by atoms with E-state index >= 15 is 0 Å². The molecule has 4 nitrogen and oxygen atoms in total. The maximum atomic E-state index is 5.90. The Morgan fingerprint density at radius 2 is 2.25 bits per heavy atom. The van der Waals surface area contributed by atoms with Crippen molar-refractivity contribution < 1.29 is 4.74 Å². The van der Waals surface area contributed by atoms with Crippen molar-refractivity contribution in [3.8, 4) is 5.88 Å².